The summed E-state index contributed by atoms with van der Waals surface area (Å²) < 4.78 is 10.9. The number of benzene rings is 1. The number of aromatic amines is 1. The Morgan fingerprint density at radius 1 is 1.35 bits per heavy atom. The van der Waals surface area contributed by atoms with Gasteiger partial charge in [-0.2, -0.15) is 0 Å². The van der Waals surface area contributed by atoms with Crippen LogP contribution in [0.25, 0.3) is 10.3 Å². The Kier molecular flexibility index (Phi) is 5.02. The Hall–Kier alpha value is -2.78. The summed E-state index contributed by atoms with van der Waals surface area (Å²) in [6, 6.07) is 7.20. The number of aryl methyl sites for hydroxylation is 1. The molecule has 0 radical (unpaired) electrons. The summed E-state index contributed by atoms with van der Waals surface area (Å²) in [5, 5.41) is 0.723. The van der Waals surface area contributed by atoms with Crippen LogP contribution in [0.2, 0.25) is 0 Å². The maximum Gasteiger partial charge on any atom is 0.415 e. The van der Waals surface area contributed by atoms with E-state index in [9.17, 15) is 9.59 Å². The van der Waals surface area contributed by atoms with Gasteiger partial charge in [0.25, 0.3) is 5.56 Å². The largest absolute Gasteiger partial charge is 0.415 e. The Morgan fingerprint density at radius 2 is 2.19 bits per heavy atom. The average Bonchev–Trinajstić information content (AvgIpc) is 3.17. The molecule has 31 heavy (non-hydrogen) atoms. The predicted molar refractivity (Wildman–Crippen MR) is 117 cm³/mol. The third-order valence-corrected chi connectivity index (χ3v) is 7.08. The van der Waals surface area contributed by atoms with Gasteiger partial charge in [0.15, 0.2) is 10.3 Å². The number of rotatable bonds is 5. The molecule has 3 aromatic rings. The summed E-state index contributed by atoms with van der Waals surface area (Å²) in [5.41, 5.74) is 0.925. The third kappa shape index (κ3) is 3.72. The second kappa shape index (κ2) is 7.72. The first-order chi connectivity index (χ1) is 15.0. The quantitative estimate of drug-likeness (QED) is 0.650. The van der Waals surface area contributed by atoms with Gasteiger partial charge in [-0.05, 0) is 50.3 Å². The molecule has 0 bridgehead atoms. The molecule has 1 amide bonds. The van der Waals surface area contributed by atoms with E-state index in [-0.39, 0.29) is 17.0 Å². The van der Waals surface area contributed by atoms with Gasteiger partial charge in [-0.25, -0.2) is 14.8 Å². The van der Waals surface area contributed by atoms with Crippen molar-refractivity contribution in [1.82, 2.24) is 19.9 Å². The minimum Gasteiger partial charge on any atom is -0.410 e. The molecule has 1 saturated heterocycles. The summed E-state index contributed by atoms with van der Waals surface area (Å²) in [7, 11) is 1.66. The van der Waals surface area contributed by atoms with Crippen LogP contribution in [0.15, 0.2) is 29.1 Å². The van der Waals surface area contributed by atoms with Gasteiger partial charge in [-0.1, -0.05) is 23.5 Å². The monoisotopic (exact) mass is 440 g/mol. The lowest BCUT2D eigenvalue weighted by Crippen LogP contribution is -2.33. The molecule has 1 saturated carbocycles. The molecule has 5 rings (SSSR count). The summed E-state index contributed by atoms with van der Waals surface area (Å²) in [4.78, 5) is 40.0. The van der Waals surface area contributed by atoms with Crippen molar-refractivity contribution >= 4 is 27.8 Å². The average molecular weight is 441 g/mol. The predicted octanol–water partition coefficient (Wildman–Crippen LogP) is 3.70. The van der Waals surface area contributed by atoms with Crippen molar-refractivity contribution in [2.75, 3.05) is 20.3 Å². The van der Waals surface area contributed by atoms with Gasteiger partial charge in [-0.3, -0.25) is 9.69 Å². The van der Waals surface area contributed by atoms with Crippen LogP contribution in [0.5, 0.6) is 5.75 Å². The van der Waals surface area contributed by atoms with E-state index in [2.05, 4.69) is 9.97 Å². The molecule has 2 aromatic heterocycles. The molecule has 1 aliphatic carbocycles. The highest BCUT2D eigenvalue weighted by molar-refractivity contribution is 7.18. The number of amides is 1. The van der Waals surface area contributed by atoms with Crippen molar-refractivity contribution in [2.24, 2.45) is 0 Å². The van der Waals surface area contributed by atoms with Crippen molar-refractivity contribution in [1.29, 1.82) is 0 Å². The Labute approximate surface area is 183 Å². The lowest BCUT2D eigenvalue weighted by atomic mass is 10.1. The van der Waals surface area contributed by atoms with E-state index in [1.807, 2.05) is 25.1 Å². The second-order valence-corrected chi connectivity index (χ2v) is 9.38. The number of hydrogen-bond acceptors (Lipinski definition) is 7. The minimum atomic E-state index is -0.396. The molecular weight excluding hydrogens is 416 g/mol. The first-order valence-electron chi connectivity index (χ1n) is 10.4. The normalized spacial score (nSPS) is 19.7. The number of likely N-dealkylation sites (tertiary alicyclic amines) is 1. The fraction of sp³-hybridized carbons (Fsp3) is 0.455. The van der Waals surface area contributed by atoms with E-state index in [0.717, 1.165) is 36.3 Å². The van der Waals surface area contributed by atoms with Crippen molar-refractivity contribution < 1.29 is 14.3 Å². The van der Waals surface area contributed by atoms with E-state index >= 15 is 0 Å². The Morgan fingerprint density at radius 3 is 2.94 bits per heavy atom. The number of hydrogen-bond donors (Lipinski definition) is 1. The highest BCUT2D eigenvalue weighted by atomic mass is 32.1. The highest BCUT2D eigenvalue weighted by Gasteiger charge is 2.47. The van der Waals surface area contributed by atoms with Crippen LogP contribution in [-0.2, 0) is 10.2 Å². The highest BCUT2D eigenvalue weighted by Crippen LogP contribution is 2.47. The van der Waals surface area contributed by atoms with Crippen LogP contribution in [0, 0.1) is 6.92 Å². The van der Waals surface area contributed by atoms with Crippen molar-refractivity contribution in [3.63, 3.8) is 0 Å². The number of carbonyl (C=O) groups is 1. The van der Waals surface area contributed by atoms with Crippen molar-refractivity contribution in [3.05, 3.63) is 51.0 Å². The zero-order valence-corrected chi connectivity index (χ0v) is 18.3. The Balaban J connectivity index is 1.42. The topological polar surface area (TPSA) is 97.4 Å². The van der Waals surface area contributed by atoms with Crippen LogP contribution in [0.1, 0.15) is 48.1 Å². The molecule has 0 spiro atoms. The van der Waals surface area contributed by atoms with E-state index in [1.165, 1.54) is 11.3 Å². The maximum atomic E-state index is 12.8. The number of nitrogens with one attached hydrogen (secondary N) is 1. The van der Waals surface area contributed by atoms with E-state index < -0.39 is 6.09 Å². The lowest BCUT2D eigenvalue weighted by Gasteiger charge is -2.22. The smallest absolute Gasteiger partial charge is 0.410 e. The molecule has 1 N–H and O–H groups in total. The number of nitrogens with zero attached hydrogens (tertiary/aromatic N) is 3. The molecular formula is C22H24N4O4S. The molecule has 3 heterocycles. The standard InChI is InChI=1S/C22H24N4O4S/c1-13-5-3-6-14(11-13)30-21(28)26-10-4-7-15(26)18-23-16-17(27)24-20(25-19(16)31-18)22(8-9-22)12-29-2/h3,5-6,11,15H,4,7-10,12H2,1-2H3,(H,24,25,27)/t15-/m1/s1. The van der Waals surface area contributed by atoms with E-state index in [4.69, 9.17) is 14.5 Å². The van der Waals surface area contributed by atoms with Crippen LogP contribution < -0.4 is 10.3 Å². The fourth-order valence-corrected chi connectivity index (χ4v) is 5.29. The van der Waals surface area contributed by atoms with E-state index in [0.29, 0.717) is 35.1 Å². The first kappa shape index (κ1) is 20.1. The Bertz CT molecular complexity index is 1200. The summed E-state index contributed by atoms with van der Waals surface area (Å²) in [6.07, 6.45) is 3.13. The second-order valence-electron chi connectivity index (χ2n) is 8.37. The lowest BCUT2D eigenvalue weighted by molar-refractivity contribution is 0.147. The van der Waals surface area contributed by atoms with Crippen LogP contribution in [0.4, 0.5) is 4.79 Å². The number of aromatic nitrogens is 3. The number of thiazole rings is 1. The molecule has 0 unspecified atom stereocenters. The van der Waals surface area contributed by atoms with Gasteiger partial charge < -0.3 is 14.5 Å². The molecule has 1 atom stereocenters. The van der Waals surface area contributed by atoms with Gasteiger partial charge in [0, 0.05) is 13.7 Å². The third-order valence-electron chi connectivity index (χ3n) is 6.03. The summed E-state index contributed by atoms with van der Waals surface area (Å²) >= 11 is 1.38. The molecule has 2 aliphatic rings. The molecule has 2 fully saturated rings. The number of carbonyl (C=O) groups excluding carboxylic acids is 1. The number of H-pyrrole nitrogens is 1. The SMILES string of the molecule is COCC1(c2nc3sc([C@H]4CCCN4C(=O)Oc4cccc(C)c4)nc3c(=O)[nH]2)CC1. The fourth-order valence-electron chi connectivity index (χ4n) is 4.20. The van der Waals surface area contributed by atoms with Gasteiger partial charge in [0.05, 0.1) is 18.1 Å². The van der Waals surface area contributed by atoms with Crippen LogP contribution in [-0.4, -0.2) is 46.2 Å². The molecule has 9 heteroatoms. The number of ether oxygens (including phenoxy) is 2. The van der Waals surface area contributed by atoms with E-state index in [1.54, 1.807) is 18.1 Å². The maximum absolute atomic E-state index is 12.8. The molecule has 1 aliphatic heterocycles. The van der Waals surface area contributed by atoms with Gasteiger partial charge in [0.1, 0.15) is 16.6 Å². The minimum absolute atomic E-state index is 0.191. The zero-order valence-electron chi connectivity index (χ0n) is 17.5. The molecule has 1 aromatic carbocycles. The van der Waals surface area contributed by atoms with Crippen LogP contribution in [0.3, 0.4) is 0 Å². The van der Waals surface area contributed by atoms with Crippen molar-refractivity contribution in [2.45, 2.75) is 44.1 Å². The van der Waals surface area contributed by atoms with Crippen molar-refractivity contribution in [3.8, 4) is 5.75 Å². The molecule has 8 nitrogen and oxygen atoms in total. The van der Waals surface area contributed by atoms with Crippen LogP contribution >= 0.6 is 11.3 Å². The first-order valence-corrected chi connectivity index (χ1v) is 11.3. The zero-order chi connectivity index (χ0) is 21.6. The van der Waals surface area contributed by atoms with Gasteiger partial charge >= 0.3 is 6.09 Å². The number of methoxy groups -OCH3 is 1. The number of fused-ring (bicyclic) bond motifs is 1. The molecule has 162 valence electrons. The van der Waals surface area contributed by atoms with Gasteiger partial charge in [0.2, 0.25) is 0 Å². The summed E-state index contributed by atoms with van der Waals surface area (Å²) in [6.45, 7) is 3.08. The van der Waals surface area contributed by atoms with Gasteiger partial charge in [-0.15, -0.1) is 0 Å². The summed E-state index contributed by atoms with van der Waals surface area (Å²) in [5.74, 6) is 1.19.